The number of carbonyl (C=O) groups is 1. The highest BCUT2D eigenvalue weighted by atomic mass is 16.4. The predicted octanol–water partition coefficient (Wildman–Crippen LogP) is 2.11. The SMILES string of the molecule is C=C=CCN(C(=O)O)C(C)(C)C. The summed E-state index contributed by atoms with van der Waals surface area (Å²) in [6.45, 7) is 9.25. The smallest absolute Gasteiger partial charge is 0.408 e. The van der Waals surface area contributed by atoms with Gasteiger partial charge in [0, 0.05) is 12.1 Å². The number of carboxylic acid groups (broad SMARTS) is 1. The standard InChI is InChI=1S/C9H15NO2/c1-5-6-7-10(8(11)12)9(2,3)4/h6H,1,7H2,2-4H3,(H,11,12). The summed E-state index contributed by atoms with van der Waals surface area (Å²) in [6, 6.07) is 0. The van der Waals surface area contributed by atoms with E-state index >= 15 is 0 Å². The van der Waals surface area contributed by atoms with Gasteiger partial charge in [0.25, 0.3) is 0 Å². The van der Waals surface area contributed by atoms with Crippen LogP contribution in [0.15, 0.2) is 18.4 Å². The first-order valence-electron chi connectivity index (χ1n) is 3.74. The predicted molar refractivity (Wildman–Crippen MR) is 48.2 cm³/mol. The molecule has 0 aromatic carbocycles. The minimum Gasteiger partial charge on any atom is -0.465 e. The van der Waals surface area contributed by atoms with Gasteiger partial charge in [-0.3, -0.25) is 4.90 Å². The molecule has 3 heteroatoms. The molecule has 3 nitrogen and oxygen atoms in total. The third-order valence-electron chi connectivity index (χ3n) is 1.46. The molecule has 1 N–H and O–H groups in total. The van der Waals surface area contributed by atoms with Crippen molar-refractivity contribution in [3.05, 3.63) is 18.4 Å². The van der Waals surface area contributed by atoms with E-state index in [1.807, 2.05) is 20.8 Å². The fourth-order valence-corrected chi connectivity index (χ4v) is 0.795. The van der Waals surface area contributed by atoms with Crippen LogP contribution in [0.5, 0.6) is 0 Å². The molecule has 0 rings (SSSR count). The fourth-order valence-electron chi connectivity index (χ4n) is 0.795. The maximum Gasteiger partial charge on any atom is 0.408 e. The molecule has 12 heavy (non-hydrogen) atoms. The van der Waals surface area contributed by atoms with Crippen LogP contribution in [0.25, 0.3) is 0 Å². The van der Waals surface area contributed by atoms with Crippen LogP contribution in [-0.2, 0) is 0 Å². The van der Waals surface area contributed by atoms with Crippen molar-refractivity contribution < 1.29 is 9.90 Å². The van der Waals surface area contributed by atoms with Gasteiger partial charge in [-0.05, 0) is 26.8 Å². The zero-order chi connectivity index (χ0) is 9.78. The summed E-state index contributed by atoms with van der Waals surface area (Å²) < 4.78 is 0. The fraction of sp³-hybridized carbons (Fsp3) is 0.556. The number of hydrogen-bond donors (Lipinski definition) is 1. The number of hydrogen-bond acceptors (Lipinski definition) is 1. The molecule has 0 saturated heterocycles. The van der Waals surface area contributed by atoms with Gasteiger partial charge in [0.15, 0.2) is 0 Å². The molecule has 0 radical (unpaired) electrons. The number of amides is 1. The molecule has 0 unspecified atom stereocenters. The summed E-state index contributed by atoms with van der Waals surface area (Å²) in [6.07, 6.45) is 0.674. The Hall–Kier alpha value is -1.21. The van der Waals surface area contributed by atoms with Gasteiger partial charge < -0.3 is 5.11 Å². The highest BCUT2D eigenvalue weighted by Crippen LogP contribution is 2.12. The lowest BCUT2D eigenvalue weighted by atomic mass is 10.1. The molecule has 0 aromatic heterocycles. The molecule has 0 aromatic rings. The second kappa shape index (κ2) is 3.98. The second-order valence-corrected chi connectivity index (χ2v) is 3.47. The lowest BCUT2D eigenvalue weighted by molar-refractivity contribution is 0.108. The molecule has 0 heterocycles. The average molecular weight is 169 g/mol. The number of nitrogens with zero attached hydrogens (tertiary/aromatic N) is 1. The minimum absolute atomic E-state index is 0.336. The van der Waals surface area contributed by atoms with E-state index in [1.54, 1.807) is 6.08 Å². The van der Waals surface area contributed by atoms with E-state index in [0.717, 1.165) is 0 Å². The van der Waals surface area contributed by atoms with E-state index in [0.29, 0.717) is 6.54 Å². The van der Waals surface area contributed by atoms with E-state index in [1.165, 1.54) is 4.90 Å². The van der Waals surface area contributed by atoms with Crippen molar-refractivity contribution in [1.82, 2.24) is 4.90 Å². The van der Waals surface area contributed by atoms with Crippen molar-refractivity contribution in [1.29, 1.82) is 0 Å². The van der Waals surface area contributed by atoms with Crippen LogP contribution < -0.4 is 0 Å². The first kappa shape index (κ1) is 10.8. The largest absolute Gasteiger partial charge is 0.465 e. The summed E-state index contributed by atoms with van der Waals surface area (Å²) >= 11 is 0. The summed E-state index contributed by atoms with van der Waals surface area (Å²) in [7, 11) is 0. The van der Waals surface area contributed by atoms with E-state index in [-0.39, 0.29) is 5.54 Å². The molecule has 0 aliphatic carbocycles. The van der Waals surface area contributed by atoms with Gasteiger partial charge in [-0.2, -0.15) is 0 Å². The van der Waals surface area contributed by atoms with Crippen molar-refractivity contribution >= 4 is 6.09 Å². The third-order valence-corrected chi connectivity index (χ3v) is 1.46. The molecule has 0 aliphatic heterocycles. The van der Waals surface area contributed by atoms with Gasteiger partial charge in [0.05, 0.1) is 0 Å². The average Bonchev–Trinajstić information content (AvgIpc) is 1.84. The van der Waals surface area contributed by atoms with Crippen LogP contribution >= 0.6 is 0 Å². The maximum atomic E-state index is 10.7. The molecule has 0 bridgehead atoms. The van der Waals surface area contributed by atoms with Crippen LogP contribution in [-0.4, -0.2) is 28.2 Å². The number of rotatable bonds is 2. The zero-order valence-corrected chi connectivity index (χ0v) is 7.79. The summed E-state index contributed by atoms with van der Waals surface area (Å²) in [5.41, 5.74) is 2.17. The van der Waals surface area contributed by atoms with E-state index in [4.69, 9.17) is 5.11 Å². The molecule has 0 saturated carbocycles. The Morgan fingerprint density at radius 2 is 2.17 bits per heavy atom. The molecule has 0 fully saturated rings. The topological polar surface area (TPSA) is 40.5 Å². The molecule has 0 aliphatic rings. The lowest BCUT2D eigenvalue weighted by Gasteiger charge is -2.31. The Morgan fingerprint density at radius 1 is 1.67 bits per heavy atom. The van der Waals surface area contributed by atoms with Crippen molar-refractivity contribution in [3.63, 3.8) is 0 Å². The van der Waals surface area contributed by atoms with E-state index < -0.39 is 6.09 Å². The van der Waals surface area contributed by atoms with Gasteiger partial charge in [-0.15, -0.1) is 5.73 Å². The highest BCUT2D eigenvalue weighted by Gasteiger charge is 2.24. The van der Waals surface area contributed by atoms with Gasteiger partial charge in [-0.25, -0.2) is 4.79 Å². The summed E-state index contributed by atoms with van der Waals surface area (Å²) in [5, 5.41) is 8.79. The molecule has 0 atom stereocenters. The van der Waals surface area contributed by atoms with Gasteiger partial charge in [-0.1, -0.05) is 6.58 Å². The molecule has 0 spiro atoms. The molecular formula is C9H15NO2. The van der Waals surface area contributed by atoms with Crippen molar-refractivity contribution in [2.24, 2.45) is 0 Å². The van der Waals surface area contributed by atoms with Crippen LogP contribution in [0.1, 0.15) is 20.8 Å². The minimum atomic E-state index is -0.922. The van der Waals surface area contributed by atoms with Crippen molar-refractivity contribution in [2.45, 2.75) is 26.3 Å². The Morgan fingerprint density at radius 3 is 2.42 bits per heavy atom. The van der Waals surface area contributed by atoms with Crippen LogP contribution in [0.2, 0.25) is 0 Å². The quantitative estimate of drug-likeness (QED) is 0.643. The van der Waals surface area contributed by atoms with Crippen molar-refractivity contribution in [2.75, 3.05) is 6.54 Å². The van der Waals surface area contributed by atoms with Crippen molar-refractivity contribution in [3.8, 4) is 0 Å². The Labute approximate surface area is 73.0 Å². The summed E-state index contributed by atoms with van der Waals surface area (Å²) in [5.74, 6) is 0. The third kappa shape index (κ3) is 3.26. The van der Waals surface area contributed by atoms with Gasteiger partial charge in [0.1, 0.15) is 0 Å². The Balaban J connectivity index is 4.45. The van der Waals surface area contributed by atoms with Crippen LogP contribution in [0.4, 0.5) is 4.79 Å². The van der Waals surface area contributed by atoms with Crippen LogP contribution in [0.3, 0.4) is 0 Å². The molecule has 68 valence electrons. The van der Waals surface area contributed by atoms with E-state index in [9.17, 15) is 4.79 Å². The monoisotopic (exact) mass is 169 g/mol. The highest BCUT2D eigenvalue weighted by molar-refractivity contribution is 5.66. The normalized spacial score (nSPS) is 10.2. The lowest BCUT2D eigenvalue weighted by Crippen LogP contribution is -2.44. The first-order chi connectivity index (χ1) is 5.39. The zero-order valence-electron chi connectivity index (χ0n) is 7.79. The first-order valence-corrected chi connectivity index (χ1v) is 3.74. The van der Waals surface area contributed by atoms with Crippen LogP contribution in [0, 0.1) is 0 Å². The molecule has 1 amide bonds. The van der Waals surface area contributed by atoms with Gasteiger partial charge >= 0.3 is 6.09 Å². The molecular weight excluding hydrogens is 154 g/mol. The van der Waals surface area contributed by atoms with E-state index in [2.05, 4.69) is 12.3 Å². The second-order valence-electron chi connectivity index (χ2n) is 3.47. The van der Waals surface area contributed by atoms with Gasteiger partial charge in [0.2, 0.25) is 0 Å². The summed E-state index contributed by atoms with van der Waals surface area (Å²) in [4.78, 5) is 12.0. The Kier molecular flexibility index (Phi) is 3.58. The maximum absolute atomic E-state index is 10.7. The Bertz CT molecular complexity index is 209.